The van der Waals surface area contributed by atoms with Crippen molar-refractivity contribution in [2.24, 2.45) is 0 Å². The van der Waals surface area contributed by atoms with Crippen LogP contribution >= 0.6 is 11.6 Å². The number of halogens is 1. The van der Waals surface area contributed by atoms with Gasteiger partial charge in [-0.1, -0.05) is 11.6 Å². The molecule has 2 aromatic carbocycles. The molecule has 0 saturated carbocycles. The Morgan fingerprint density at radius 2 is 1.92 bits per heavy atom. The third kappa shape index (κ3) is 3.55. The molecule has 1 aliphatic rings. The third-order valence-corrected chi connectivity index (χ3v) is 5.43. The molecule has 0 bridgehead atoms. The third-order valence-electron chi connectivity index (χ3n) is 3.73. The standard InChI is InChI=1S/C16H16ClN3O5S/c1-24-10-4-6-11(13(8-10)25-2)19-16(21)15-18-12-5-3-9(17)7-14(12)26(22,23)20-15/h3-8,15,18,20H,1-2H3,(H,19,21). The van der Waals surface area contributed by atoms with E-state index in [2.05, 4.69) is 15.4 Å². The average Bonchev–Trinajstić information content (AvgIpc) is 2.62. The molecule has 1 atom stereocenters. The van der Waals surface area contributed by atoms with Gasteiger partial charge in [0.1, 0.15) is 16.4 Å². The highest BCUT2D eigenvalue weighted by molar-refractivity contribution is 7.89. The number of carbonyl (C=O) groups excluding carboxylic acids is 1. The number of hydrogen-bond acceptors (Lipinski definition) is 6. The van der Waals surface area contributed by atoms with Crippen molar-refractivity contribution >= 4 is 38.9 Å². The van der Waals surface area contributed by atoms with Gasteiger partial charge in [0.05, 0.1) is 25.6 Å². The second-order valence-electron chi connectivity index (χ2n) is 5.39. The lowest BCUT2D eigenvalue weighted by Crippen LogP contribution is -2.51. The molecule has 1 heterocycles. The van der Waals surface area contributed by atoms with Gasteiger partial charge < -0.3 is 20.1 Å². The summed E-state index contributed by atoms with van der Waals surface area (Å²) in [5, 5.41) is 5.74. The van der Waals surface area contributed by atoms with Crippen LogP contribution in [0.5, 0.6) is 11.5 Å². The molecule has 0 aromatic heterocycles. The average molecular weight is 398 g/mol. The Morgan fingerprint density at radius 3 is 2.62 bits per heavy atom. The fourth-order valence-electron chi connectivity index (χ4n) is 2.47. The minimum Gasteiger partial charge on any atom is -0.497 e. The van der Waals surface area contributed by atoms with Crippen LogP contribution in [0.4, 0.5) is 11.4 Å². The normalized spacial score (nSPS) is 17.6. The Kier molecular flexibility index (Phi) is 4.94. The van der Waals surface area contributed by atoms with Crippen molar-refractivity contribution in [3.05, 3.63) is 41.4 Å². The molecule has 8 nitrogen and oxygen atoms in total. The van der Waals surface area contributed by atoms with E-state index in [-0.39, 0.29) is 15.6 Å². The van der Waals surface area contributed by atoms with Crippen molar-refractivity contribution in [1.29, 1.82) is 0 Å². The van der Waals surface area contributed by atoms with Gasteiger partial charge in [0.2, 0.25) is 10.0 Å². The molecule has 0 fully saturated rings. The van der Waals surface area contributed by atoms with Crippen molar-refractivity contribution in [3.8, 4) is 11.5 Å². The molecule has 1 aliphatic heterocycles. The quantitative estimate of drug-likeness (QED) is 0.729. The smallest absolute Gasteiger partial charge is 0.263 e. The number of rotatable bonds is 4. The fourth-order valence-corrected chi connectivity index (χ4v) is 4.01. The minimum atomic E-state index is -3.89. The van der Waals surface area contributed by atoms with Gasteiger partial charge in [-0.25, -0.2) is 8.42 Å². The number of fused-ring (bicyclic) bond motifs is 1. The van der Waals surface area contributed by atoms with Crippen LogP contribution in [-0.2, 0) is 14.8 Å². The molecule has 2 aromatic rings. The SMILES string of the molecule is COc1ccc(NC(=O)C2Nc3ccc(Cl)cc3S(=O)(=O)N2)c(OC)c1. The van der Waals surface area contributed by atoms with Crippen LogP contribution < -0.4 is 24.8 Å². The van der Waals surface area contributed by atoms with Gasteiger partial charge in [0.25, 0.3) is 5.91 Å². The summed E-state index contributed by atoms with van der Waals surface area (Å²) < 4.78 is 37.3. The topological polar surface area (TPSA) is 106 Å². The first-order valence-corrected chi connectivity index (χ1v) is 9.31. The number of amides is 1. The molecule has 26 heavy (non-hydrogen) atoms. The first-order valence-electron chi connectivity index (χ1n) is 7.45. The molecule has 1 amide bonds. The number of methoxy groups -OCH3 is 2. The molecular formula is C16H16ClN3O5S. The second kappa shape index (κ2) is 7.02. The molecule has 3 N–H and O–H groups in total. The molecule has 0 aliphatic carbocycles. The minimum absolute atomic E-state index is 0.0175. The van der Waals surface area contributed by atoms with E-state index in [9.17, 15) is 13.2 Å². The summed E-state index contributed by atoms with van der Waals surface area (Å²) in [5.41, 5.74) is 0.663. The van der Waals surface area contributed by atoms with Gasteiger partial charge in [-0.15, -0.1) is 0 Å². The lowest BCUT2D eigenvalue weighted by molar-refractivity contribution is -0.117. The highest BCUT2D eigenvalue weighted by Gasteiger charge is 2.33. The van der Waals surface area contributed by atoms with Gasteiger partial charge in [-0.2, -0.15) is 4.72 Å². The molecule has 1 unspecified atom stereocenters. The van der Waals surface area contributed by atoms with Crippen LogP contribution in [-0.4, -0.2) is 34.7 Å². The van der Waals surface area contributed by atoms with Crippen LogP contribution in [0.1, 0.15) is 0 Å². The maximum Gasteiger partial charge on any atom is 0.263 e. The predicted molar refractivity (Wildman–Crippen MR) is 97.4 cm³/mol. The van der Waals surface area contributed by atoms with Crippen LogP contribution in [0, 0.1) is 0 Å². The number of sulfonamides is 1. The Labute approximate surface area is 155 Å². The molecule has 3 rings (SSSR count). The summed E-state index contributed by atoms with van der Waals surface area (Å²) in [5.74, 6) is 0.336. The van der Waals surface area contributed by atoms with Gasteiger partial charge in [0.15, 0.2) is 6.17 Å². The van der Waals surface area contributed by atoms with Crippen molar-refractivity contribution in [2.45, 2.75) is 11.1 Å². The predicted octanol–water partition coefficient (Wildman–Crippen LogP) is 2.03. The molecule has 10 heteroatoms. The van der Waals surface area contributed by atoms with E-state index in [0.29, 0.717) is 17.2 Å². The van der Waals surface area contributed by atoms with Gasteiger partial charge >= 0.3 is 0 Å². The van der Waals surface area contributed by atoms with Crippen molar-refractivity contribution in [3.63, 3.8) is 0 Å². The number of benzene rings is 2. The van der Waals surface area contributed by atoms with Gasteiger partial charge in [-0.3, -0.25) is 4.79 Å². The summed E-state index contributed by atoms with van der Waals surface area (Å²) in [6.45, 7) is 0. The maximum absolute atomic E-state index is 12.5. The fraction of sp³-hybridized carbons (Fsp3) is 0.188. The molecule has 0 radical (unpaired) electrons. The Hall–Kier alpha value is -2.49. The summed E-state index contributed by atoms with van der Waals surface area (Å²) in [7, 11) is -0.925. The summed E-state index contributed by atoms with van der Waals surface area (Å²) >= 11 is 5.84. The number of carbonyl (C=O) groups is 1. The zero-order chi connectivity index (χ0) is 18.9. The summed E-state index contributed by atoms with van der Waals surface area (Å²) in [4.78, 5) is 12.5. The highest BCUT2D eigenvalue weighted by atomic mass is 35.5. The van der Waals surface area contributed by atoms with E-state index in [0.717, 1.165) is 0 Å². The monoisotopic (exact) mass is 397 g/mol. The number of anilines is 2. The number of nitrogens with one attached hydrogen (secondary N) is 3. The summed E-state index contributed by atoms with van der Waals surface area (Å²) in [6.07, 6.45) is -1.19. The van der Waals surface area contributed by atoms with E-state index in [1.165, 1.54) is 32.4 Å². The highest BCUT2D eigenvalue weighted by Crippen LogP contribution is 2.31. The van der Waals surface area contributed by atoms with Crippen LogP contribution in [0.25, 0.3) is 0 Å². The van der Waals surface area contributed by atoms with E-state index in [4.69, 9.17) is 21.1 Å². The first-order chi connectivity index (χ1) is 12.3. The van der Waals surface area contributed by atoms with E-state index in [1.807, 2.05) is 0 Å². The maximum atomic E-state index is 12.5. The zero-order valence-electron chi connectivity index (χ0n) is 13.9. The summed E-state index contributed by atoms with van der Waals surface area (Å²) in [6, 6.07) is 9.20. The van der Waals surface area contributed by atoms with E-state index >= 15 is 0 Å². The first kappa shape index (κ1) is 18.3. The van der Waals surface area contributed by atoms with Crippen LogP contribution in [0.3, 0.4) is 0 Å². The number of ether oxygens (including phenoxy) is 2. The molecule has 0 saturated heterocycles. The van der Waals surface area contributed by atoms with Crippen molar-refractivity contribution in [1.82, 2.24) is 4.72 Å². The molecule has 138 valence electrons. The van der Waals surface area contributed by atoms with Gasteiger partial charge in [0, 0.05) is 11.1 Å². The zero-order valence-corrected chi connectivity index (χ0v) is 15.4. The Morgan fingerprint density at radius 1 is 1.15 bits per heavy atom. The lowest BCUT2D eigenvalue weighted by Gasteiger charge is -2.27. The van der Waals surface area contributed by atoms with Crippen LogP contribution in [0.2, 0.25) is 5.02 Å². The van der Waals surface area contributed by atoms with E-state index in [1.54, 1.807) is 18.2 Å². The lowest BCUT2D eigenvalue weighted by atomic mass is 10.2. The van der Waals surface area contributed by atoms with Crippen molar-refractivity contribution < 1.29 is 22.7 Å². The van der Waals surface area contributed by atoms with E-state index < -0.39 is 22.1 Å². The van der Waals surface area contributed by atoms with Crippen LogP contribution in [0.15, 0.2) is 41.3 Å². The molecular weight excluding hydrogens is 382 g/mol. The van der Waals surface area contributed by atoms with Crippen molar-refractivity contribution in [2.75, 3.05) is 24.9 Å². The molecule has 0 spiro atoms. The van der Waals surface area contributed by atoms with Gasteiger partial charge in [-0.05, 0) is 30.3 Å². The Bertz CT molecular complexity index is 964. The second-order valence-corrected chi connectivity index (χ2v) is 7.51. The number of hydrogen-bond donors (Lipinski definition) is 3. The Balaban J connectivity index is 1.85. The largest absolute Gasteiger partial charge is 0.497 e.